The van der Waals surface area contributed by atoms with E-state index in [0.717, 1.165) is 0 Å². The maximum atomic E-state index is 15.3. The van der Waals surface area contributed by atoms with Crippen molar-refractivity contribution in [1.82, 2.24) is 0 Å². The molecule has 0 unspecified atom stereocenters. The highest BCUT2D eigenvalue weighted by molar-refractivity contribution is 5.80. The Morgan fingerprint density at radius 3 is 1.00 bits per heavy atom. The second-order valence-corrected chi connectivity index (χ2v) is 7.48. The lowest BCUT2D eigenvalue weighted by molar-refractivity contribution is -0.608. The highest BCUT2D eigenvalue weighted by atomic mass is 19.4. The van der Waals surface area contributed by atoms with E-state index in [1.165, 1.54) is 0 Å². The van der Waals surface area contributed by atoms with Crippen molar-refractivity contribution in [2.45, 2.75) is 58.5 Å². The molecule has 0 aromatic carbocycles. The van der Waals surface area contributed by atoms with E-state index < -0.39 is 82.0 Å². The van der Waals surface area contributed by atoms with Crippen LogP contribution in [-0.4, -0.2) is 69.5 Å². The molecule has 2 nitrogen and oxygen atoms in total. The summed E-state index contributed by atoms with van der Waals surface area (Å²) in [4.78, 5) is 10.5. The molecule has 4 aliphatic rings. The first-order valence-corrected chi connectivity index (χ1v) is 7.80. The van der Waals surface area contributed by atoms with Crippen LogP contribution in [-0.2, 0) is 4.79 Å². The standard InChI is InChI=1S/C14H3F17O2/c15-5-4(14(29,30)31,2-1-3(32)33)6(16)11(23,24)7(17,9(5,19)20)13(27,28)8(18,10(5,21)22)12(6,25)26/h1-2H,(H,32,33). The summed E-state index contributed by atoms with van der Waals surface area (Å²) in [6, 6.07) is 0. The van der Waals surface area contributed by atoms with Crippen LogP contribution in [0.1, 0.15) is 0 Å². The van der Waals surface area contributed by atoms with Gasteiger partial charge in [0.05, 0.1) is 0 Å². The first-order valence-electron chi connectivity index (χ1n) is 7.80. The Morgan fingerprint density at radius 1 is 0.545 bits per heavy atom. The number of alkyl halides is 17. The Bertz CT molecular complexity index is 873. The van der Waals surface area contributed by atoms with Crippen molar-refractivity contribution in [2.24, 2.45) is 5.41 Å². The normalized spacial score (nSPS) is 48.3. The molecule has 0 saturated heterocycles. The Balaban J connectivity index is 2.82. The lowest BCUT2D eigenvalue weighted by Gasteiger charge is -2.76. The second kappa shape index (κ2) is 5.31. The molecular formula is C14H3F17O2. The van der Waals surface area contributed by atoms with E-state index in [0.29, 0.717) is 0 Å². The van der Waals surface area contributed by atoms with E-state index in [4.69, 9.17) is 5.11 Å². The molecule has 0 aromatic heterocycles. The number of aliphatic carboxylic acids is 1. The number of carbonyl (C=O) groups is 1. The summed E-state index contributed by atoms with van der Waals surface area (Å²) in [6.45, 7) is 0. The smallest absolute Gasteiger partial charge is 0.405 e. The van der Waals surface area contributed by atoms with Crippen molar-refractivity contribution < 1.29 is 84.5 Å². The lowest BCUT2D eigenvalue weighted by atomic mass is 9.33. The van der Waals surface area contributed by atoms with Gasteiger partial charge in [0.1, 0.15) is 0 Å². The zero-order valence-corrected chi connectivity index (χ0v) is 14.4. The molecular weight excluding hydrogens is 523 g/mol. The van der Waals surface area contributed by atoms with Crippen LogP contribution in [0.2, 0.25) is 0 Å². The van der Waals surface area contributed by atoms with E-state index in [1.54, 1.807) is 0 Å². The molecule has 4 rings (SSSR count). The van der Waals surface area contributed by atoms with Crippen molar-refractivity contribution in [3.8, 4) is 0 Å². The molecule has 4 saturated carbocycles. The van der Waals surface area contributed by atoms with E-state index in [-0.39, 0.29) is 0 Å². The molecule has 0 spiro atoms. The Kier molecular flexibility index (Phi) is 4.12. The van der Waals surface area contributed by atoms with Gasteiger partial charge in [-0.2, -0.15) is 57.1 Å². The van der Waals surface area contributed by atoms with Gasteiger partial charge in [0, 0.05) is 6.08 Å². The molecule has 0 atom stereocenters. The van der Waals surface area contributed by atoms with Crippen LogP contribution < -0.4 is 0 Å². The monoisotopic (exact) mass is 526 g/mol. The highest BCUT2D eigenvalue weighted by Crippen LogP contribution is 2.91. The minimum absolute atomic E-state index is 1.48. The summed E-state index contributed by atoms with van der Waals surface area (Å²) in [5.41, 5.74) is -39.7. The van der Waals surface area contributed by atoms with Gasteiger partial charge in [-0.1, -0.05) is 6.08 Å². The summed E-state index contributed by atoms with van der Waals surface area (Å²) in [5.74, 6) is -43.9. The maximum Gasteiger partial charge on any atom is 0.405 e. The molecule has 33 heavy (non-hydrogen) atoms. The molecule has 4 bridgehead atoms. The number of halogens is 17. The molecule has 0 radical (unpaired) electrons. The van der Waals surface area contributed by atoms with Gasteiger partial charge in [-0.05, 0) is 0 Å². The number of rotatable bonds is 2. The molecule has 0 aromatic rings. The number of carboxylic acids is 1. The molecule has 4 aliphatic carbocycles. The van der Waals surface area contributed by atoms with Gasteiger partial charge < -0.3 is 5.11 Å². The minimum atomic E-state index is -8.18. The summed E-state index contributed by atoms with van der Waals surface area (Å²) in [6.07, 6.45) is -11.6. The van der Waals surface area contributed by atoms with Gasteiger partial charge in [-0.25, -0.2) is 22.4 Å². The van der Waals surface area contributed by atoms with Crippen molar-refractivity contribution >= 4 is 5.97 Å². The SMILES string of the molecule is O=C(O)C=CC1(C(F)(F)F)C2(F)C(F)(F)C3(F)C(F)(F)C(F)(C2(F)F)C(F)(F)C1(F)C3(F)F. The molecule has 4 fully saturated rings. The first-order chi connectivity index (χ1) is 14.2. The molecule has 1 N–H and O–H groups in total. The van der Waals surface area contributed by atoms with Crippen LogP contribution in [0.3, 0.4) is 0 Å². The van der Waals surface area contributed by atoms with Crippen LogP contribution in [0.25, 0.3) is 0 Å². The Labute approximate surface area is 168 Å². The topological polar surface area (TPSA) is 37.3 Å². The van der Waals surface area contributed by atoms with Gasteiger partial charge in [0.25, 0.3) is 11.3 Å². The summed E-state index contributed by atoms with van der Waals surface area (Å²) < 4.78 is 245. The summed E-state index contributed by atoms with van der Waals surface area (Å²) in [7, 11) is 0. The van der Waals surface area contributed by atoms with Gasteiger partial charge in [0.2, 0.25) is 0 Å². The zero-order valence-electron chi connectivity index (χ0n) is 14.4. The zero-order chi connectivity index (χ0) is 26.5. The Hall–Kier alpha value is -1.98. The third kappa shape index (κ3) is 1.61. The van der Waals surface area contributed by atoms with E-state index >= 15 is 8.78 Å². The third-order valence-corrected chi connectivity index (χ3v) is 6.34. The van der Waals surface area contributed by atoms with E-state index in [1.807, 2.05) is 0 Å². The maximum absolute atomic E-state index is 15.3. The quantitative estimate of drug-likeness (QED) is 0.396. The van der Waals surface area contributed by atoms with Gasteiger partial charge >= 0.3 is 53.1 Å². The predicted octanol–water partition coefficient (Wildman–Crippen LogP) is 5.23. The van der Waals surface area contributed by atoms with Gasteiger partial charge in [-0.3, -0.25) is 0 Å². The highest BCUT2D eigenvalue weighted by Gasteiger charge is 3.23. The van der Waals surface area contributed by atoms with E-state index in [2.05, 4.69) is 0 Å². The summed E-state index contributed by atoms with van der Waals surface area (Å²) in [5, 5.41) is 8.30. The lowest BCUT2D eigenvalue weighted by Crippen LogP contribution is -3.09. The average molecular weight is 526 g/mol. The van der Waals surface area contributed by atoms with Gasteiger partial charge in [-0.15, -0.1) is 0 Å². The largest absolute Gasteiger partial charge is 0.478 e. The van der Waals surface area contributed by atoms with Crippen molar-refractivity contribution in [3.05, 3.63) is 12.2 Å². The Morgan fingerprint density at radius 2 is 0.788 bits per heavy atom. The van der Waals surface area contributed by atoms with Gasteiger partial charge in [0.15, 0.2) is 5.41 Å². The third-order valence-electron chi connectivity index (χ3n) is 6.34. The predicted molar refractivity (Wildman–Crippen MR) is 65.4 cm³/mol. The van der Waals surface area contributed by atoms with Crippen molar-refractivity contribution in [2.75, 3.05) is 0 Å². The van der Waals surface area contributed by atoms with Crippen LogP contribution in [0.4, 0.5) is 74.6 Å². The first kappa shape index (κ1) is 25.6. The molecule has 19 heteroatoms. The fourth-order valence-corrected chi connectivity index (χ4v) is 4.90. The molecule has 190 valence electrons. The molecule has 0 heterocycles. The minimum Gasteiger partial charge on any atom is -0.478 e. The van der Waals surface area contributed by atoms with Crippen molar-refractivity contribution in [1.29, 1.82) is 0 Å². The molecule has 0 aliphatic heterocycles. The summed E-state index contributed by atoms with van der Waals surface area (Å²) >= 11 is 0. The fourth-order valence-electron chi connectivity index (χ4n) is 4.90. The van der Waals surface area contributed by atoms with Crippen molar-refractivity contribution in [3.63, 3.8) is 0 Å². The number of hydrogen-bond acceptors (Lipinski definition) is 1. The van der Waals surface area contributed by atoms with Crippen LogP contribution in [0.5, 0.6) is 0 Å². The average Bonchev–Trinajstić information content (AvgIpc) is 2.60. The van der Waals surface area contributed by atoms with Crippen LogP contribution in [0.15, 0.2) is 12.2 Å². The van der Waals surface area contributed by atoms with E-state index in [9.17, 15) is 70.7 Å². The second-order valence-electron chi connectivity index (χ2n) is 7.48. The molecule has 0 amide bonds. The van der Waals surface area contributed by atoms with Crippen LogP contribution in [0, 0.1) is 5.41 Å². The fraction of sp³-hybridized carbons (Fsp3) is 0.786. The van der Waals surface area contributed by atoms with Crippen LogP contribution >= 0.6 is 0 Å². The number of carboxylic acid groups (broad SMARTS) is 1. The number of allylic oxidation sites excluding steroid dienone is 1. The number of hydrogen-bond donors (Lipinski definition) is 1.